The molecule has 0 aliphatic heterocycles. The van der Waals surface area contributed by atoms with E-state index >= 15 is 0 Å². The molecule has 118 valence electrons. The van der Waals surface area contributed by atoms with E-state index in [4.69, 9.17) is 0 Å². The van der Waals surface area contributed by atoms with Crippen LogP contribution in [0.4, 0.5) is 0 Å². The number of aryl methyl sites for hydroxylation is 1. The van der Waals surface area contributed by atoms with Crippen LogP contribution in [0.3, 0.4) is 0 Å². The van der Waals surface area contributed by atoms with Crippen LogP contribution in [0.1, 0.15) is 47.3 Å². The number of sulfonamides is 1. The van der Waals surface area contributed by atoms with E-state index in [1.54, 1.807) is 12.3 Å². The molecule has 5 nitrogen and oxygen atoms in total. The summed E-state index contributed by atoms with van der Waals surface area (Å²) >= 11 is 1.10. The van der Waals surface area contributed by atoms with Crippen LogP contribution >= 0.6 is 11.3 Å². The van der Waals surface area contributed by atoms with Crippen molar-refractivity contribution < 1.29 is 17.9 Å². The second-order valence-electron chi connectivity index (χ2n) is 5.42. The molecule has 21 heavy (non-hydrogen) atoms. The Hall–Kier alpha value is -0.920. The van der Waals surface area contributed by atoms with E-state index in [2.05, 4.69) is 9.46 Å². The van der Waals surface area contributed by atoms with Gasteiger partial charge in [0.25, 0.3) is 0 Å². The molecule has 1 saturated carbocycles. The Morgan fingerprint density at radius 3 is 2.67 bits per heavy atom. The molecule has 0 saturated heterocycles. The molecule has 2 rings (SSSR count). The monoisotopic (exact) mass is 331 g/mol. The summed E-state index contributed by atoms with van der Waals surface area (Å²) in [5.41, 5.74) is 0.580. The van der Waals surface area contributed by atoms with Gasteiger partial charge in [0.2, 0.25) is 10.0 Å². The lowest BCUT2D eigenvalue weighted by molar-refractivity contribution is 0.0602. The summed E-state index contributed by atoms with van der Waals surface area (Å²) in [5, 5.41) is 1.67. The Labute approximate surface area is 129 Å². The van der Waals surface area contributed by atoms with E-state index < -0.39 is 16.0 Å². The molecule has 1 aromatic rings. The van der Waals surface area contributed by atoms with Crippen molar-refractivity contribution in [1.82, 2.24) is 4.72 Å². The van der Waals surface area contributed by atoms with Crippen molar-refractivity contribution in [1.29, 1.82) is 0 Å². The number of carbonyl (C=O) groups is 1. The lowest BCUT2D eigenvalue weighted by atomic mass is 9.90. The molecule has 0 spiro atoms. The molecule has 0 atom stereocenters. The summed E-state index contributed by atoms with van der Waals surface area (Å²) in [6.45, 7) is 2.14. The summed E-state index contributed by atoms with van der Waals surface area (Å²) < 4.78 is 32.3. The molecule has 0 amide bonds. The molecular formula is C14H21NO4S2. The number of rotatable bonds is 5. The number of thiophene rings is 1. The van der Waals surface area contributed by atoms with E-state index in [0.717, 1.165) is 37.0 Å². The van der Waals surface area contributed by atoms with Crippen LogP contribution in [-0.2, 0) is 14.8 Å². The predicted octanol–water partition coefficient (Wildman–Crippen LogP) is 2.70. The fraction of sp³-hybridized carbons (Fsp3) is 0.643. The number of carbonyl (C=O) groups excluding carboxylic acids is 1. The average Bonchev–Trinajstić information content (AvgIpc) is 2.88. The Morgan fingerprint density at radius 2 is 2.05 bits per heavy atom. The molecule has 1 heterocycles. The summed E-state index contributed by atoms with van der Waals surface area (Å²) in [7, 11) is -2.42. The van der Waals surface area contributed by atoms with Gasteiger partial charge in [0.15, 0.2) is 0 Å². The van der Waals surface area contributed by atoms with Gasteiger partial charge < -0.3 is 4.74 Å². The van der Waals surface area contributed by atoms with Crippen LogP contribution in [0.5, 0.6) is 0 Å². The number of hydrogen-bond donors (Lipinski definition) is 1. The number of hydrogen-bond acceptors (Lipinski definition) is 5. The second kappa shape index (κ2) is 6.89. The maximum atomic E-state index is 12.5. The fourth-order valence-electron chi connectivity index (χ4n) is 2.69. The summed E-state index contributed by atoms with van der Waals surface area (Å²) in [4.78, 5) is 11.9. The standard InChI is InChI=1S/C14H21NO4S2/c1-10-9-20-12(14(16)19-2)13(10)21(17,18)15-8-11-6-4-3-5-7-11/h9,11,15H,3-8H2,1-2H3. The first-order valence-corrected chi connectivity index (χ1v) is 9.48. The molecule has 0 unspecified atom stereocenters. The normalized spacial score (nSPS) is 16.9. The van der Waals surface area contributed by atoms with Gasteiger partial charge in [-0.2, -0.15) is 0 Å². The maximum absolute atomic E-state index is 12.5. The third kappa shape index (κ3) is 3.84. The number of esters is 1. The average molecular weight is 331 g/mol. The number of nitrogens with one attached hydrogen (secondary N) is 1. The molecule has 1 aliphatic carbocycles. The fourth-order valence-corrected chi connectivity index (χ4v) is 5.51. The molecule has 1 aliphatic rings. The summed E-state index contributed by atoms with van der Waals surface area (Å²) in [6, 6.07) is 0. The maximum Gasteiger partial charge on any atom is 0.349 e. The third-order valence-electron chi connectivity index (χ3n) is 3.84. The van der Waals surface area contributed by atoms with E-state index in [-0.39, 0.29) is 9.77 Å². The van der Waals surface area contributed by atoms with Crippen LogP contribution in [0.25, 0.3) is 0 Å². The lowest BCUT2D eigenvalue weighted by Gasteiger charge is -2.21. The quantitative estimate of drug-likeness (QED) is 0.842. The highest BCUT2D eigenvalue weighted by atomic mass is 32.2. The van der Waals surface area contributed by atoms with Gasteiger partial charge >= 0.3 is 5.97 Å². The first kappa shape index (κ1) is 16.5. The van der Waals surface area contributed by atoms with Crippen LogP contribution in [0.15, 0.2) is 10.3 Å². The largest absolute Gasteiger partial charge is 0.465 e. The third-order valence-corrected chi connectivity index (χ3v) is 6.66. The molecule has 1 aromatic heterocycles. The number of methoxy groups -OCH3 is 1. The van der Waals surface area contributed by atoms with Gasteiger partial charge in [-0.15, -0.1) is 11.3 Å². The van der Waals surface area contributed by atoms with Crippen molar-refractivity contribution in [2.24, 2.45) is 5.92 Å². The highest BCUT2D eigenvalue weighted by Crippen LogP contribution is 2.28. The van der Waals surface area contributed by atoms with E-state index in [0.29, 0.717) is 18.0 Å². The molecule has 0 radical (unpaired) electrons. The molecule has 7 heteroatoms. The van der Waals surface area contributed by atoms with Gasteiger partial charge in [-0.3, -0.25) is 0 Å². The van der Waals surface area contributed by atoms with Crippen molar-refractivity contribution in [3.63, 3.8) is 0 Å². The van der Waals surface area contributed by atoms with Crippen LogP contribution in [0, 0.1) is 12.8 Å². The zero-order chi connectivity index (χ0) is 15.5. The first-order valence-electron chi connectivity index (χ1n) is 7.11. The Balaban J connectivity index is 2.15. The number of ether oxygens (including phenoxy) is 1. The predicted molar refractivity (Wildman–Crippen MR) is 82.2 cm³/mol. The van der Waals surface area contributed by atoms with Crippen molar-refractivity contribution in [2.45, 2.75) is 43.9 Å². The minimum absolute atomic E-state index is 0.0650. The second-order valence-corrected chi connectivity index (χ2v) is 8.01. The SMILES string of the molecule is COC(=O)c1scc(C)c1S(=O)(=O)NCC1CCCCC1. The molecule has 0 aromatic carbocycles. The van der Waals surface area contributed by atoms with Gasteiger partial charge in [0, 0.05) is 6.54 Å². The molecule has 0 bridgehead atoms. The van der Waals surface area contributed by atoms with Crippen molar-refractivity contribution in [3.05, 3.63) is 15.8 Å². The van der Waals surface area contributed by atoms with E-state index in [1.807, 2.05) is 0 Å². The van der Waals surface area contributed by atoms with Crippen LogP contribution < -0.4 is 4.72 Å². The highest BCUT2D eigenvalue weighted by Gasteiger charge is 2.28. The van der Waals surface area contributed by atoms with Gasteiger partial charge in [0.05, 0.1) is 7.11 Å². The minimum atomic E-state index is -3.67. The zero-order valence-electron chi connectivity index (χ0n) is 12.3. The van der Waals surface area contributed by atoms with Gasteiger partial charge in [-0.1, -0.05) is 19.3 Å². The van der Waals surface area contributed by atoms with Crippen LogP contribution in [-0.4, -0.2) is 28.0 Å². The smallest absolute Gasteiger partial charge is 0.349 e. The minimum Gasteiger partial charge on any atom is -0.465 e. The van der Waals surface area contributed by atoms with E-state index in [1.165, 1.54) is 13.5 Å². The van der Waals surface area contributed by atoms with Crippen LogP contribution in [0.2, 0.25) is 0 Å². The first-order chi connectivity index (χ1) is 9.95. The topological polar surface area (TPSA) is 72.5 Å². The van der Waals surface area contributed by atoms with E-state index in [9.17, 15) is 13.2 Å². The lowest BCUT2D eigenvalue weighted by Crippen LogP contribution is -2.31. The Morgan fingerprint density at radius 1 is 1.38 bits per heavy atom. The van der Waals surface area contributed by atoms with Crippen molar-refractivity contribution in [3.8, 4) is 0 Å². The summed E-state index contributed by atoms with van der Waals surface area (Å²) in [5.74, 6) is -0.208. The summed E-state index contributed by atoms with van der Waals surface area (Å²) in [6.07, 6.45) is 5.69. The molecule has 1 N–H and O–H groups in total. The van der Waals surface area contributed by atoms with Gasteiger partial charge in [-0.05, 0) is 36.6 Å². The zero-order valence-corrected chi connectivity index (χ0v) is 14.0. The van der Waals surface area contributed by atoms with Crippen molar-refractivity contribution >= 4 is 27.3 Å². The molecule has 1 fully saturated rings. The van der Waals surface area contributed by atoms with Gasteiger partial charge in [-0.25, -0.2) is 17.9 Å². The molecular weight excluding hydrogens is 310 g/mol. The van der Waals surface area contributed by atoms with Gasteiger partial charge in [0.1, 0.15) is 9.77 Å². The van der Waals surface area contributed by atoms with Crippen molar-refractivity contribution in [2.75, 3.05) is 13.7 Å². The highest BCUT2D eigenvalue weighted by molar-refractivity contribution is 7.89. The Bertz CT molecular complexity index is 600. The Kier molecular flexibility index (Phi) is 5.40.